The van der Waals surface area contributed by atoms with E-state index in [0.29, 0.717) is 13.0 Å². The fraction of sp³-hybridized carbons (Fsp3) is 0.529. The average Bonchev–Trinajstić information content (AvgIpc) is 2.55. The molecule has 22 heavy (non-hydrogen) atoms. The summed E-state index contributed by atoms with van der Waals surface area (Å²) in [5, 5.41) is 0. The van der Waals surface area contributed by atoms with Crippen molar-refractivity contribution in [3.63, 3.8) is 0 Å². The lowest BCUT2D eigenvalue weighted by Crippen LogP contribution is -2.43. The van der Waals surface area contributed by atoms with Gasteiger partial charge in [0.05, 0.1) is 13.2 Å². The van der Waals surface area contributed by atoms with Gasteiger partial charge in [0.1, 0.15) is 5.75 Å². The number of rotatable bonds is 4. The molecule has 5 heteroatoms. The number of amides is 2. The van der Waals surface area contributed by atoms with E-state index in [4.69, 9.17) is 4.74 Å². The van der Waals surface area contributed by atoms with Gasteiger partial charge in [-0.15, -0.1) is 0 Å². The van der Waals surface area contributed by atoms with Gasteiger partial charge in [-0.25, -0.2) is 0 Å². The Balaban J connectivity index is 2.04. The molecule has 1 saturated heterocycles. The minimum absolute atomic E-state index is 0.0341. The van der Waals surface area contributed by atoms with Crippen molar-refractivity contribution >= 4 is 11.8 Å². The summed E-state index contributed by atoms with van der Waals surface area (Å²) in [4.78, 5) is 27.8. The Bertz CT molecular complexity index is 541. The molecule has 0 unspecified atom stereocenters. The van der Waals surface area contributed by atoms with Crippen molar-refractivity contribution in [2.45, 2.75) is 25.8 Å². The number of likely N-dealkylation sites (tertiary alicyclic amines) is 1. The second-order valence-corrected chi connectivity index (χ2v) is 5.90. The van der Waals surface area contributed by atoms with E-state index in [2.05, 4.69) is 0 Å². The van der Waals surface area contributed by atoms with Crippen molar-refractivity contribution < 1.29 is 14.3 Å². The van der Waals surface area contributed by atoms with Gasteiger partial charge in [0.2, 0.25) is 11.8 Å². The lowest BCUT2D eigenvalue weighted by Gasteiger charge is -2.33. The zero-order valence-corrected chi connectivity index (χ0v) is 13.7. The first kappa shape index (κ1) is 16.3. The molecule has 2 rings (SSSR count). The lowest BCUT2D eigenvalue weighted by atomic mass is 9.94. The van der Waals surface area contributed by atoms with Crippen LogP contribution in [0.15, 0.2) is 24.3 Å². The van der Waals surface area contributed by atoms with Gasteiger partial charge in [0.25, 0.3) is 0 Å². The van der Waals surface area contributed by atoms with E-state index in [1.165, 1.54) is 0 Å². The molecule has 0 aliphatic carbocycles. The van der Waals surface area contributed by atoms with Crippen molar-refractivity contribution in [3.05, 3.63) is 29.8 Å². The number of nitrogens with zero attached hydrogens (tertiary/aromatic N) is 2. The zero-order valence-electron chi connectivity index (χ0n) is 13.7. The van der Waals surface area contributed by atoms with Gasteiger partial charge in [-0.3, -0.25) is 9.59 Å². The molecule has 120 valence electrons. The molecule has 0 aromatic heterocycles. The Morgan fingerprint density at radius 1 is 1.36 bits per heavy atom. The minimum Gasteiger partial charge on any atom is -0.497 e. The smallest absolute Gasteiger partial charge is 0.226 e. The third-order valence-corrected chi connectivity index (χ3v) is 4.54. The fourth-order valence-electron chi connectivity index (χ4n) is 2.74. The molecule has 0 saturated carbocycles. The van der Waals surface area contributed by atoms with E-state index in [1.54, 1.807) is 31.0 Å². The highest BCUT2D eigenvalue weighted by Gasteiger charge is 2.32. The molecule has 0 spiro atoms. The van der Waals surface area contributed by atoms with Crippen molar-refractivity contribution in [2.75, 3.05) is 27.7 Å². The third kappa shape index (κ3) is 3.40. The number of carbonyl (C=O) groups is 2. The van der Waals surface area contributed by atoms with Gasteiger partial charge in [0, 0.05) is 33.0 Å². The number of benzene rings is 1. The molecule has 0 bridgehead atoms. The Hall–Kier alpha value is -2.04. The first-order valence-corrected chi connectivity index (χ1v) is 7.58. The molecule has 1 aromatic rings. The maximum atomic E-state index is 12.6. The van der Waals surface area contributed by atoms with E-state index in [-0.39, 0.29) is 23.8 Å². The van der Waals surface area contributed by atoms with Crippen LogP contribution in [0.1, 0.15) is 31.4 Å². The van der Waals surface area contributed by atoms with Gasteiger partial charge >= 0.3 is 0 Å². The van der Waals surface area contributed by atoms with Crippen LogP contribution < -0.4 is 4.74 Å². The first-order chi connectivity index (χ1) is 10.4. The van der Waals surface area contributed by atoms with E-state index in [9.17, 15) is 9.59 Å². The number of hydrogen-bond donors (Lipinski definition) is 0. The van der Waals surface area contributed by atoms with E-state index >= 15 is 0 Å². The fourth-order valence-corrected chi connectivity index (χ4v) is 2.74. The number of methoxy groups -OCH3 is 1. The van der Waals surface area contributed by atoms with Crippen molar-refractivity contribution in [3.8, 4) is 5.75 Å². The van der Waals surface area contributed by atoms with Gasteiger partial charge in [-0.2, -0.15) is 0 Å². The molecule has 1 aromatic carbocycles. The summed E-state index contributed by atoms with van der Waals surface area (Å²) in [5.74, 6) is 0.695. The average molecular weight is 304 g/mol. The number of piperidine rings is 1. The predicted octanol–water partition coefficient (Wildman–Crippen LogP) is 2.08. The predicted molar refractivity (Wildman–Crippen MR) is 84.5 cm³/mol. The van der Waals surface area contributed by atoms with Gasteiger partial charge in [-0.05, 0) is 31.0 Å². The maximum Gasteiger partial charge on any atom is 0.226 e. The summed E-state index contributed by atoms with van der Waals surface area (Å²) in [6, 6.07) is 7.68. The first-order valence-electron chi connectivity index (χ1n) is 7.58. The van der Waals surface area contributed by atoms with Crippen molar-refractivity contribution in [1.82, 2.24) is 9.80 Å². The summed E-state index contributed by atoms with van der Waals surface area (Å²) in [6.45, 7) is 2.65. The Labute approximate surface area is 131 Å². The summed E-state index contributed by atoms with van der Waals surface area (Å²) >= 11 is 0. The zero-order chi connectivity index (χ0) is 16.3. The van der Waals surface area contributed by atoms with E-state index in [0.717, 1.165) is 17.7 Å². The molecular weight excluding hydrogens is 280 g/mol. The van der Waals surface area contributed by atoms with Crippen LogP contribution >= 0.6 is 0 Å². The molecule has 1 fully saturated rings. The summed E-state index contributed by atoms with van der Waals surface area (Å²) < 4.78 is 5.15. The van der Waals surface area contributed by atoms with Crippen LogP contribution in [-0.2, 0) is 9.59 Å². The Morgan fingerprint density at radius 2 is 2.00 bits per heavy atom. The highest BCUT2D eigenvalue weighted by molar-refractivity contribution is 5.87. The second kappa shape index (κ2) is 6.81. The summed E-state index contributed by atoms with van der Waals surface area (Å²) in [6.07, 6.45) is 1.05. The lowest BCUT2D eigenvalue weighted by molar-refractivity contribution is -0.144. The molecule has 2 amide bonds. The number of hydrogen-bond acceptors (Lipinski definition) is 3. The quantitative estimate of drug-likeness (QED) is 0.856. The molecular formula is C17H24N2O3. The summed E-state index contributed by atoms with van der Waals surface area (Å²) in [7, 11) is 5.22. The van der Waals surface area contributed by atoms with Gasteiger partial charge in [-0.1, -0.05) is 12.1 Å². The minimum atomic E-state index is -0.200. The van der Waals surface area contributed by atoms with Crippen LogP contribution in [0.25, 0.3) is 0 Å². The second-order valence-electron chi connectivity index (χ2n) is 5.90. The van der Waals surface area contributed by atoms with Crippen molar-refractivity contribution in [1.29, 1.82) is 0 Å². The van der Waals surface area contributed by atoms with Gasteiger partial charge < -0.3 is 14.5 Å². The third-order valence-electron chi connectivity index (χ3n) is 4.54. The van der Waals surface area contributed by atoms with Crippen LogP contribution in [0.2, 0.25) is 0 Å². The van der Waals surface area contributed by atoms with Crippen LogP contribution in [0.3, 0.4) is 0 Å². The highest BCUT2D eigenvalue weighted by atomic mass is 16.5. The Kier molecular flexibility index (Phi) is 5.06. The summed E-state index contributed by atoms with van der Waals surface area (Å²) in [5.41, 5.74) is 1.05. The molecule has 1 heterocycles. The SMILES string of the molecule is COc1ccc([C@@H](C)N(C)C(=O)[C@H]2CCN(C)C(=O)C2)cc1. The van der Waals surface area contributed by atoms with Crippen molar-refractivity contribution in [2.24, 2.45) is 5.92 Å². The standard InChI is InChI=1S/C17H24N2O3/c1-12(13-5-7-15(22-4)8-6-13)19(3)17(21)14-9-10-18(2)16(20)11-14/h5-8,12,14H,9-11H2,1-4H3/t12-,14+/m1/s1. The maximum absolute atomic E-state index is 12.6. The highest BCUT2D eigenvalue weighted by Crippen LogP contribution is 2.26. The van der Waals surface area contributed by atoms with Crippen LogP contribution in [0.4, 0.5) is 0 Å². The molecule has 2 atom stereocenters. The van der Waals surface area contributed by atoms with Crippen LogP contribution in [0.5, 0.6) is 5.75 Å². The van der Waals surface area contributed by atoms with Gasteiger partial charge in [0.15, 0.2) is 0 Å². The molecule has 1 aliphatic rings. The monoisotopic (exact) mass is 304 g/mol. The molecule has 0 radical (unpaired) electrons. The molecule has 1 aliphatic heterocycles. The van der Waals surface area contributed by atoms with E-state index in [1.807, 2.05) is 31.2 Å². The number of carbonyl (C=O) groups excluding carboxylic acids is 2. The molecule has 0 N–H and O–H groups in total. The number of ether oxygens (including phenoxy) is 1. The van der Waals surface area contributed by atoms with Crippen LogP contribution in [-0.4, -0.2) is 49.4 Å². The topological polar surface area (TPSA) is 49.9 Å². The Morgan fingerprint density at radius 3 is 2.55 bits per heavy atom. The van der Waals surface area contributed by atoms with Crippen LogP contribution in [0, 0.1) is 5.92 Å². The normalized spacial score (nSPS) is 19.7. The van der Waals surface area contributed by atoms with E-state index < -0.39 is 0 Å². The largest absolute Gasteiger partial charge is 0.497 e. The molecule has 5 nitrogen and oxygen atoms in total.